The van der Waals surface area contributed by atoms with Crippen LogP contribution in [0, 0.1) is 11.8 Å². The highest BCUT2D eigenvalue weighted by molar-refractivity contribution is 14.1. The molecule has 0 aromatic heterocycles. The van der Waals surface area contributed by atoms with E-state index < -0.39 is 366 Å². The molecule has 51 heteroatoms. The van der Waals surface area contributed by atoms with E-state index in [0.29, 0.717) is 0 Å². The Balaban J connectivity index is 1.28. The lowest BCUT2D eigenvalue weighted by molar-refractivity contribution is -0.385. The summed E-state index contributed by atoms with van der Waals surface area (Å²) in [6.07, 6.45) is -98.2. The van der Waals surface area contributed by atoms with Crippen LogP contribution in [0.15, 0.2) is 0 Å². The molecule has 27 unspecified atom stereocenters. The van der Waals surface area contributed by atoms with Crippen LogP contribution in [0.2, 0.25) is 0 Å². The first-order valence-corrected chi connectivity index (χ1v) is 39.9. The molecule has 48 nitrogen and oxygen atoms in total. The summed E-state index contributed by atoms with van der Waals surface area (Å²) in [5, 5.41) is 355. The van der Waals surface area contributed by atoms with Crippen molar-refractivity contribution in [1.29, 1.82) is 0 Å². The summed E-state index contributed by atoms with van der Waals surface area (Å²) in [7, 11) is 0. The molecule has 0 spiro atoms. The highest BCUT2D eigenvalue weighted by atomic mass is 127. The van der Waals surface area contributed by atoms with Gasteiger partial charge in [-0.2, -0.15) is 0 Å². The normalized spacial score (nSPS) is 44.7. The summed E-state index contributed by atoms with van der Waals surface area (Å²) >= 11 is 4.32. The molecule has 7 fully saturated rings. The van der Waals surface area contributed by atoms with E-state index >= 15 is 0 Å². The molecule has 0 aromatic carbocycles. The topological polar surface area (TPSA) is 795 Å². The van der Waals surface area contributed by atoms with Crippen LogP contribution in [-0.2, 0) is 75.8 Å². The van der Waals surface area contributed by atoms with E-state index in [9.17, 15) is 163 Å². The van der Waals surface area contributed by atoms with Crippen LogP contribution >= 0.6 is 67.8 Å². The lowest BCUT2D eigenvalue weighted by atomic mass is 9.88. The molecule has 7 aliphatic heterocycles. The Morgan fingerprint density at radius 3 is 0.982 bits per heavy atom. The smallest absolute Gasteiger partial charge is 0.187 e. The van der Waals surface area contributed by atoms with Crippen LogP contribution in [0.1, 0.15) is 20.8 Å². The number of halogens is 3. The third-order valence-corrected chi connectivity index (χ3v) is 24.4. The molecule has 7 saturated heterocycles. The van der Waals surface area contributed by atoms with Gasteiger partial charge in [0.15, 0.2) is 56.6 Å². The second kappa shape index (κ2) is 46.0. The SMILES string of the molecule is CC1OC(CO)C(OC2OC(CO)C(OC3OC(COC4OC(COC5OC(CO)C(O)[C@H](O)[C@H]5O)C(O)[C@H](O[C@@H](O)C(O[C@H]5O[C@@H](CO)C(O)C(O)C5O)C(O)[C@H](O)[C@@H](I)CO)[C@H]4O)C(O)[C@H](O[C@@H](O)C(O[C@@H](O)C(O[C@H]4O[C@@H](CO)C(O)C(O)C4O)C(O)[C@H](O)[C@@H](I)CO)C(O)[C@H](O)[C@@H](I)CO)[C@H]3O)[C@H](O)[C@@H]2C)[C@@H](O)[C@@H]1C. The largest absolute Gasteiger partial charge is 0.395 e. The lowest BCUT2D eigenvalue weighted by Crippen LogP contribution is -2.66. The van der Waals surface area contributed by atoms with Crippen LogP contribution in [0.5, 0.6) is 0 Å². The Morgan fingerprint density at radius 1 is 0.272 bits per heavy atom. The van der Waals surface area contributed by atoms with Gasteiger partial charge in [0, 0.05) is 11.8 Å². The zero-order valence-electron chi connectivity index (χ0n) is 60.9. The number of hydrogen-bond acceptors (Lipinski definition) is 48. The number of aliphatic hydroxyl groups is 32. The molecule has 0 bridgehead atoms. The van der Waals surface area contributed by atoms with Crippen molar-refractivity contribution >= 4 is 67.8 Å². The number of rotatable bonds is 40. The van der Waals surface area contributed by atoms with Gasteiger partial charge in [0.05, 0.1) is 114 Å². The molecular weight excluding hydrogens is 1910 g/mol. The van der Waals surface area contributed by atoms with Gasteiger partial charge in [-0.15, -0.1) is 0 Å². The standard InChI is InChI=1S/C63H111I3O48/c1-14-16(3)101-23(10-73)48(27(14)75)111-58-15(2)28(76)49(24(11-74)105-58)112-63-47(95)51(109-55(96)52(40(88)29(77)17(64)4-67)110-57(98)54(42(90)31(79)19(66)6-69)114-62-45(93)39(87)34(82)22(9-72)104-62)36(84)26(107-63)13-100-60-46(94)50(35(83)25(106-60)12-99-59-43(91)37(85)32(80)20(7-70)102-59)108-56(97)53(41(89)30(78)18(65)5-68)113-61-44(92)38(86)33(81)21(8-71)103-61/h14-63,67-98H,4-13H2,1-3H3/t14-,15+,16?,17+,18+,19+,20?,21+,22+,23?,24?,25?,26?,27+,28-,29-,30-,31-,32?,33?,34?,35?,36?,37+,38?,39?,40?,41?,42?,43-,44?,45?,46-,47-,48?,49?,50+,51+,52?,53?,54?,55-,56-,57-,58?,59?,60?,61-,62-,63?/m1/s1. The number of ether oxygens (including phenoxy) is 16. The van der Waals surface area contributed by atoms with Crippen molar-refractivity contribution in [2.45, 2.75) is 309 Å². The van der Waals surface area contributed by atoms with Gasteiger partial charge in [0.1, 0.15) is 183 Å². The van der Waals surface area contributed by atoms with Crippen molar-refractivity contribution in [1.82, 2.24) is 0 Å². The van der Waals surface area contributed by atoms with Crippen molar-refractivity contribution in [3.63, 3.8) is 0 Å². The van der Waals surface area contributed by atoms with Crippen LogP contribution in [-0.4, -0.2) is 518 Å². The fraction of sp³-hybridized carbons (Fsp3) is 1.00. The van der Waals surface area contributed by atoms with E-state index in [2.05, 4.69) is 0 Å². The Kier molecular flexibility index (Phi) is 40.9. The first kappa shape index (κ1) is 101. The van der Waals surface area contributed by atoms with Crippen LogP contribution < -0.4 is 0 Å². The van der Waals surface area contributed by atoms with E-state index in [1.54, 1.807) is 13.8 Å². The van der Waals surface area contributed by atoms with Crippen molar-refractivity contribution in [3.05, 3.63) is 0 Å². The Bertz CT molecular complexity index is 2750. The van der Waals surface area contributed by atoms with Crippen LogP contribution in [0.3, 0.4) is 0 Å². The van der Waals surface area contributed by atoms with E-state index in [1.165, 1.54) is 74.7 Å². The van der Waals surface area contributed by atoms with E-state index in [0.717, 1.165) is 0 Å². The van der Waals surface area contributed by atoms with Gasteiger partial charge in [-0.3, -0.25) is 0 Å². The molecular formula is C63H111I3O48. The molecule has 0 radical (unpaired) electrons. The molecule has 32 N–H and O–H groups in total. The molecule has 0 saturated carbocycles. The van der Waals surface area contributed by atoms with Gasteiger partial charge in [-0.05, 0) is 6.92 Å². The second-order valence-electron chi connectivity index (χ2n) is 28.7. The van der Waals surface area contributed by atoms with Crippen molar-refractivity contribution in [2.75, 3.05) is 66.1 Å². The van der Waals surface area contributed by atoms with Gasteiger partial charge in [0.25, 0.3) is 0 Å². The maximum absolute atomic E-state index is 12.5. The molecule has 0 aromatic rings. The summed E-state index contributed by atoms with van der Waals surface area (Å²) in [6.45, 7) is -5.49. The summed E-state index contributed by atoms with van der Waals surface area (Å²) in [5.74, 6) is -1.90. The molecule has 7 aliphatic rings. The second-order valence-corrected chi connectivity index (χ2v) is 33.5. The minimum Gasteiger partial charge on any atom is -0.395 e. The maximum Gasteiger partial charge on any atom is 0.187 e. The zero-order valence-corrected chi connectivity index (χ0v) is 67.4. The lowest BCUT2D eigenvalue weighted by Gasteiger charge is -2.49. The van der Waals surface area contributed by atoms with Crippen molar-refractivity contribution < 1.29 is 239 Å². The maximum atomic E-state index is 12.5. The quantitative estimate of drug-likeness (QED) is 0.0154. The molecule has 0 aliphatic carbocycles. The third kappa shape index (κ3) is 23.7. The summed E-state index contributed by atoms with van der Waals surface area (Å²) in [5.41, 5.74) is 0. The minimum atomic E-state index is -3.05. The first-order valence-electron chi connectivity index (χ1n) is 36.2. The van der Waals surface area contributed by atoms with E-state index in [4.69, 9.17) is 75.8 Å². The molecule has 114 heavy (non-hydrogen) atoms. The number of hydrogen-bond donors (Lipinski definition) is 32. The fourth-order valence-corrected chi connectivity index (χ4v) is 14.8. The Hall–Kier alpha value is 0.270. The van der Waals surface area contributed by atoms with Crippen LogP contribution in [0.4, 0.5) is 0 Å². The van der Waals surface area contributed by atoms with Crippen LogP contribution in [0.25, 0.3) is 0 Å². The highest BCUT2D eigenvalue weighted by Crippen LogP contribution is 2.40. The molecule has 7 heterocycles. The minimum absolute atomic E-state index is 0.597. The third-order valence-electron chi connectivity index (χ3n) is 21.0. The number of alkyl halides is 3. The molecule has 672 valence electrons. The van der Waals surface area contributed by atoms with Crippen molar-refractivity contribution in [2.24, 2.45) is 11.8 Å². The summed E-state index contributed by atoms with van der Waals surface area (Å²) in [4.78, 5) is 0. The summed E-state index contributed by atoms with van der Waals surface area (Å²) < 4.78 is 88.4. The van der Waals surface area contributed by atoms with Crippen molar-refractivity contribution in [3.8, 4) is 0 Å². The fourth-order valence-electron chi connectivity index (χ4n) is 13.5. The first-order chi connectivity index (χ1) is 53.6. The number of aliphatic hydroxyl groups excluding tert-OH is 32. The predicted molar refractivity (Wildman–Crippen MR) is 385 cm³/mol. The monoisotopic (exact) mass is 2020 g/mol. The predicted octanol–water partition coefficient (Wildman–Crippen LogP) is -18.0. The van der Waals surface area contributed by atoms with E-state index in [-0.39, 0.29) is 0 Å². The molecule has 7 rings (SSSR count). The summed E-state index contributed by atoms with van der Waals surface area (Å²) in [6, 6.07) is 0. The van der Waals surface area contributed by atoms with Gasteiger partial charge in [-0.25, -0.2) is 0 Å². The molecule has 0 amide bonds. The zero-order chi connectivity index (χ0) is 85.3. The van der Waals surface area contributed by atoms with Gasteiger partial charge < -0.3 is 239 Å². The Labute approximate surface area is 689 Å². The average molecular weight is 2020 g/mol. The van der Waals surface area contributed by atoms with Gasteiger partial charge in [0.2, 0.25) is 0 Å². The molecule has 50 atom stereocenters. The van der Waals surface area contributed by atoms with E-state index in [1.807, 2.05) is 0 Å². The average Bonchev–Trinajstić information content (AvgIpc) is 0.619. The Morgan fingerprint density at radius 2 is 0.579 bits per heavy atom. The van der Waals surface area contributed by atoms with Gasteiger partial charge >= 0.3 is 0 Å². The highest BCUT2D eigenvalue weighted by Gasteiger charge is 2.58. The van der Waals surface area contributed by atoms with Gasteiger partial charge in [-0.1, -0.05) is 81.6 Å².